The molecule has 0 heterocycles. The summed E-state index contributed by atoms with van der Waals surface area (Å²) >= 11 is 0. The second-order valence-electron chi connectivity index (χ2n) is 11.7. The van der Waals surface area contributed by atoms with Crippen LogP contribution in [0.25, 0.3) is 98.0 Å². The van der Waals surface area contributed by atoms with Crippen molar-refractivity contribution in [3.63, 3.8) is 0 Å². The van der Waals surface area contributed by atoms with Gasteiger partial charge in [0.05, 0.1) is 12.3 Å². The van der Waals surface area contributed by atoms with Gasteiger partial charge in [0.15, 0.2) is 0 Å². The molecule has 0 aliphatic heterocycles. The molecular weight excluding hydrogens is 553 g/mol. The highest BCUT2D eigenvalue weighted by molar-refractivity contribution is 6.32. The van der Waals surface area contributed by atoms with Crippen LogP contribution < -0.4 is 0 Å². The predicted octanol–water partition coefficient (Wildman–Crippen LogP) is 13.0. The topological polar surface area (TPSA) is 0 Å². The van der Waals surface area contributed by atoms with Gasteiger partial charge in [0.2, 0.25) is 0 Å². The lowest BCUT2D eigenvalue weighted by Crippen LogP contribution is -1.93. The first-order valence-corrected chi connectivity index (χ1v) is 15.3. The molecule has 0 spiro atoms. The highest BCUT2D eigenvalue weighted by Crippen LogP contribution is 2.49. The summed E-state index contributed by atoms with van der Waals surface area (Å²) in [5.41, 5.74) is 5.00. The van der Waals surface area contributed by atoms with Gasteiger partial charge in [0, 0.05) is 0 Å². The van der Waals surface area contributed by atoms with E-state index in [2.05, 4.69) is 48.5 Å². The van der Waals surface area contributed by atoms with Gasteiger partial charge in [-0.25, -0.2) is 0 Å². The van der Waals surface area contributed by atoms with Gasteiger partial charge in [-0.05, 0) is 98.0 Å². The Morgan fingerprint density at radius 3 is 1.67 bits per heavy atom. The summed E-state index contributed by atoms with van der Waals surface area (Å²) < 4.78 is 82.1. The SMILES string of the molecule is [2H]c1c([2H])c2c([2H])c([2H])c3c([2H])c([2H])c(-c4c5ccccc5c(-c5ccc(-c6ccccc6)cc5)c5ccc6ccccc6c45)c4c([2H])c([2H])c(c1[2H])c2c34. The van der Waals surface area contributed by atoms with Gasteiger partial charge in [0.1, 0.15) is 0 Å². The first-order valence-electron chi connectivity index (χ1n) is 19.8. The van der Waals surface area contributed by atoms with E-state index >= 15 is 0 Å². The van der Waals surface area contributed by atoms with Crippen LogP contribution in [0.4, 0.5) is 0 Å². The maximum atomic E-state index is 9.71. The Kier molecular flexibility index (Phi) is 3.84. The van der Waals surface area contributed by atoms with Crippen LogP contribution in [-0.4, -0.2) is 0 Å². The molecule has 0 heteroatoms. The molecule has 0 fully saturated rings. The Labute approximate surface area is 279 Å². The van der Waals surface area contributed by atoms with Gasteiger partial charge >= 0.3 is 0 Å². The molecular formula is C46H28. The first-order chi connectivity index (χ1) is 26.6. The van der Waals surface area contributed by atoms with Crippen LogP contribution in [0.2, 0.25) is 0 Å². The summed E-state index contributed by atoms with van der Waals surface area (Å²) in [6.07, 6.45) is 0. The van der Waals surface area contributed by atoms with Crippen molar-refractivity contribution >= 4 is 64.6 Å². The molecule has 0 nitrogen and oxygen atoms in total. The molecule has 0 aliphatic carbocycles. The van der Waals surface area contributed by atoms with Crippen LogP contribution in [0.15, 0.2) is 170 Å². The van der Waals surface area contributed by atoms with Gasteiger partial charge < -0.3 is 0 Å². The largest absolute Gasteiger partial charge is 0.0630 e. The monoisotopic (exact) mass is 589 g/mol. The maximum absolute atomic E-state index is 9.71. The fourth-order valence-corrected chi connectivity index (χ4v) is 7.23. The van der Waals surface area contributed by atoms with Gasteiger partial charge in [0.25, 0.3) is 0 Å². The number of fused-ring (bicyclic) bond motifs is 4. The Morgan fingerprint density at radius 1 is 0.304 bits per heavy atom. The van der Waals surface area contributed by atoms with E-state index in [0.717, 1.165) is 54.6 Å². The smallest absolute Gasteiger partial charge is 0.0622 e. The molecule has 0 aromatic heterocycles. The summed E-state index contributed by atoms with van der Waals surface area (Å²) in [4.78, 5) is 0. The van der Waals surface area contributed by atoms with Crippen LogP contribution in [0.3, 0.4) is 0 Å². The van der Waals surface area contributed by atoms with Crippen LogP contribution in [-0.2, 0) is 0 Å². The second kappa shape index (κ2) is 9.76. The molecule has 0 unspecified atom stereocenters. The minimum atomic E-state index is -0.491. The third-order valence-electron chi connectivity index (χ3n) is 9.26. The second-order valence-corrected chi connectivity index (χ2v) is 11.7. The number of hydrogen-bond acceptors (Lipinski definition) is 0. The van der Waals surface area contributed by atoms with Gasteiger partial charge in [-0.3, -0.25) is 0 Å². The molecule has 212 valence electrons. The zero-order valence-corrected chi connectivity index (χ0v) is 24.5. The summed E-state index contributed by atoms with van der Waals surface area (Å²) in [6, 6.07) is 35.3. The Bertz CT molecular complexity index is 3260. The minimum absolute atomic E-state index is 0.0372. The van der Waals surface area contributed by atoms with E-state index in [1.807, 2.05) is 66.7 Å². The van der Waals surface area contributed by atoms with Crippen molar-refractivity contribution < 1.29 is 12.3 Å². The fraction of sp³-hybridized carbons (Fsp3) is 0. The molecule has 0 bridgehead atoms. The molecule has 10 aromatic rings. The lowest BCUT2D eigenvalue weighted by molar-refractivity contribution is 1.61. The lowest BCUT2D eigenvalue weighted by Gasteiger charge is -2.21. The molecule has 10 rings (SSSR count). The van der Waals surface area contributed by atoms with Crippen LogP contribution >= 0.6 is 0 Å². The molecule has 0 atom stereocenters. The van der Waals surface area contributed by atoms with E-state index in [9.17, 15) is 5.48 Å². The van der Waals surface area contributed by atoms with Gasteiger partial charge in [-0.2, -0.15) is 0 Å². The number of rotatable bonds is 3. The number of hydrogen-bond donors (Lipinski definition) is 0. The average Bonchev–Trinajstić information content (AvgIpc) is 3.21. The van der Waals surface area contributed by atoms with E-state index in [1.165, 1.54) is 0 Å². The van der Waals surface area contributed by atoms with Crippen molar-refractivity contribution in [3.05, 3.63) is 170 Å². The van der Waals surface area contributed by atoms with Crippen molar-refractivity contribution in [2.24, 2.45) is 0 Å². The highest BCUT2D eigenvalue weighted by atomic mass is 14.2. The van der Waals surface area contributed by atoms with Crippen molar-refractivity contribution in [3.8, 4) is 33.4 Å². The van der Waals surface area contributed by atoms with Gasteiger partial charge in [-0.1, -0.05) is 170 Å². The van der Waals surface area contributed by atoms with Crippen molar-refractivity contribution in [1.82, 2.24) is 0 Å². The Hall–Kier alpha value is -5.98. The predicted molar refractivity (Wildman–Crippen MR) is 199 cm³/mol. The fourth-order valence-electron chi connectivity index (χ4n) is 7.23. The van der Waals surface area contributed by atoms with Crippen molar-refractivity contribution in [1.29, 1.82) is 0 Å². The van der Waals surface area contributed by atoms with Crippen molar-refractivity contribution in [2.45, 2.75) is 0 Å². The van der Waals surface area contributed by atoms with Gasteiger partial charge in [-0.15, -0.1) is 0 Å². The molecule has 46 heavy (non-hydrogen) atoms. The summed E-state index contributed by atoms with van der Waals surface area (Å²) in [6.45, 7) is 0. The molecule has 0 radical (unpaired) electrons. The Morgan fingerprint density at radius 2 is 0.891 bits per heavy atom. The van der Waals surface area contributed by atoms with Crippen LogP contribution in [0.1, 0.15) is 12.3 Å². The zero-order chi connectivity index (χ0) is 38.0. The minimum Gasteiger partial charge on any atom is -0.0622 e. The summed E-state index contributed by atoms with van der Waals surface area (Å²) in [5.74, 6) is 0. The average molecular weight is 590 g/mol. The highest BCUT2D eigenvalue weighted by Gasteiger charge is 2.21. The quantitative estimate of drug-likeness (QED) is 0.142. The molecule has 0 saturated carbocycles. The summed E-state index contributed by atoms with van der Waals surface area (Å²) in [5, 5.41) is 5.52. The van der Waals surface area contributed by atoms with E-state index in [0.29, 0.717) is 5.56 Å². The molecule has 10 aromatic carbocycles. The summed E-state index contributed by atoms with van der Waals surface area (Å²) in [7, 11) is 0. The van der Waals surface area contributed by atoms with E-state index in [-0.39, 0.29) is 68.1 Å². The van der Waals surface area contributed by atoms with E-state index in [4.69, 9.17) is 6.85 Å². The normalized spacial score (nSPS) is 14.7. The third-order valence-corrected chi connectivity index (χ3v) is 9.26. The Balaban J connectivity index is 1.44. The molecule has 0 aliphatic rings. The van der Waals surface area contributed by atoms with Crippen LogP contribution in [0, 0.1) is 0 Å². The first kappa shape index (κ1) is 18.1. The van der Waals surface area contributed by atoms with E-state index < -0.39 is 24.2 Å². The standard InChI is InChI=1S/C46H28/c1-2-9-29(10-3-1)30-17-19-34(20-18-30)43-37-15-6-7-16-38(37)46(45-36-14-5-4-11-31(36)23-28-41(43)45)40-27-25-35-22-21-32-12-8-13-33-24-26-39(40)44(35)42(32)33/h1-28H/i8D,12D,13D,21D,22D,24D,25D,26D,27D. The van der Waals surface area contributed by atoms with Crippen molar-refractivity contribution in [2.75, 3.05) is 0 Å². The molecule has 0 amide bonds. The molecule has 0 N–H and O–H groups in total. The van der Waals surface area contributed by atoms with E-state index in [1.54, 1.807) is 0 Å². The van der Waals surface area contributed by atoms with Crippen LogP contribution in [0.5, 0.6) is 0 Å². The lowest BCUT2D eigenvalue weighted by atomic mass is 9.82. The molecule has 0 saturated heterocycles. The maximum Gasteiger partial charge on any atom is 0.0630 e. The number of benzene rings is 10. The third kappa shape index (κ3) is 3.62. The zero-order valence-electron chi connectivity index (χ0n) is 33.5.